The van der Waals surface area contributed by atoms with Gasteiger partial charge in [0.05, 0.1) is 30.2 Å². The summed E-state index contributed by atoms with van der Waals surface area (Å²) in [7, 11) is 2.16. The lowest BCUT2D eigenvalue weighted by molar-refractivity contribution is 0.116. The summed E-state index contributed by atoms with van der Waals surface area (Å²) >= 11 is 6.30. The average molecular weight is 477 g/mol. The molecule has 10 nitrogen and oxygen atoms in total. The Morgan fingerprint density at radius 3 is 2.88 bits per heavy atom. The third-order valence-corrected chi connectivity index (χ3v) is 6.45. The van der Waals surface area contributed by atoms with Crippen molar-refractivity contribution in [2.45, 2.75) is 45.1 Å². The number of nitrogens with one attached hydrogen (secondary N) is 2. The summed E-state index contributed by atoms with van der Waals surface area (Å²) < 4.78 is 7.25. The lowest BCUT2D eigenvalue weighted by atomic mass is 10.1. The van der Waals surface area contributed by atoms with E-state index in [2.05, 4.69) is 37.2 Å². The Kier molecular flexibility index (Phi) is 7.87. The number of halogens is 1. The number of ether oxygens (including phenoxy) is 1. The normalized spacial score (nSPS) is 18.2. The van der Waals surface area contributed by atoms with E-state index < -0.39 is 0 Å². The van der Waals surface area contributed by atoms with E-state index in [1.807, 2.05) is 13.1 Å². The molecule has 2 aliphatic heterocycles. The number of aromatic nitrogens is 4. The predicted molar refractivity (Wildman–Crippen MR) is 128 cm³/mol. The second-order valence-electron chi connectivity index (χ2n) is 8.75. The minimum absolute atomic E-state index is 0.227. The summed E-state index contributed by atoms with van der Waals surface area (Å²) in [6.45, 7) is 6.67. The van der Waals surface area contributed by atoms with E-state index >= 15 is 0 Å². The fourth-order valence-electron chi connectivity index (χ4n) is 4.15. The number of cyclic esters (lactones) is 1. The van der Waals surface area contributed by atoms with Crippen LogP contribution in [0.1, 0.15) is 43.8 Å². The van der Waals surface area contributed by atoms with Crippen molar-refractivity contribution < 1.29 is 9.53 Å². The average Bonchev–Trinajstić information content (AvgIpc) is 3.03. The summed E-state index contributed by atoms with van der Waals surface area (Å²) in [5, 5.41) is 11.7. The Labute approximate surface area is 199 Å². The number of aryl methyl sites for hydroxylation is 1. The van der Waals surface area contributed by atoms with Crippen LogP contribution in [0, 0.1) is 6.92 Å². The first-order chi connectivity index (χ1) is 16.0. The maximum atomic E-state index is 11.9. The van der Waals surface area contributed by atoms with E-state index in [9.17, 15) is 4.79 Å². The van der Waals surface area contributed by atoms with Crippen LogP contribution in [-0.2, 0) is 4.74 Å². The molecule has 2 aromatic heterocycles. The third kappa shape index (κ3) is 6.26. The minimum atomic E-state index is -0.227. The number of hydrogen-bond donors (Lipinski definition) is 2. The number of carbonyl (C=O) groups excluding carboxylic acids is 1. The Balaban J connectivity index is 1.32. The number of carbonyl (C=O) groups is 1. The summed E-state index contributed by atoms with van der Waals surface area (Å²) in [6, 6.07) is 0.417. The largest absolute Gasteiger partial charge is 0.449 e. The fourth-order valence-corrected chi connectivity index (χ4v) is 4.31. The van der Waals surface area contributed by atoms with Gasteiger partial charge in [-0.05, 0) is 59.2 Å². The van der Waals surface area contributed by atoms with Gasteiger partial charge in [0.1, 0.15) is 10.8 Å². The molecule has 2 N–H and O–H groups in total. The zero-order chi connectivity index (χ0) is 23.2. The molecule has 0 bridgehead atoms. The molecule has 33 heavy (non-hydrogen) atoms. The second-order valence-corrected chi connectivity index (χ2v) is 9.15. The number of hydrogen-bond acceptors (Lipinski definition) is 8. The van der Waals surface area contributed by atoms with Crippen molar-refractivity contribution in [3.05, 3.63) is 23.1 Å². The van der Waals surface area contributed by atoms with Crippen molar-refractivity contribution in [3.63, 3.8) is 0 Å². The van der Waals surface area contributed by atoms with Gasteiger partial charge in [-0.15, -0.1) is 0 Å². The van der Waals surface area contributed by atoms with Crippen LogP contribution in [0.4, 0.5) is 22.2 Å². The Morgan fingerprint density at radius 2 is 2.06 bits per heavy atom. The number of amides is 1. The number of likely N-dealkylation sites (tertiary alicyclic amines) is 1. The first-order valence-electron chi connectivity index (χ1n) is 11.7. The van der Waals surface area contributed by atoms with Crippen molar-refractivity contribution in [2.24, 2.45) is 0 Å². The van der Waals surface area contributed by atoms with Gasteiger partial charge in [-0.1, -0.05) is 11.6 Å². The topological polar surface area (TPSA) is 100 Å². The van der Waals surface area contributed by atoms with Crippen molar-refractivity contribution in [2.75, 3.05) is 57.0 Å². The van der Waals surface area contributed by atoms with Gasteiger partial charge in [-0.2, -0.15) is 10.1 Å². The third-order valence-electron chi connectivity index (χ3n) is 6.17. The molecule has 180 valence electrons. The second kappa shape index (κ2) is 11.0. The molecule has 0 atom stereocenters. The highest BCUT2D eigenvalue weighted by Gasteiger charge is 2.21. The molecular formula is C22H33ClN8O2. The summed E-state index contributed by atoms with van der Waals surface area (Å²) in [5.41, 5.74) is 1.80. The van der Waals surface area contributed by atoms with Crippen LogP contribution >= 0.6 is 11.6 Å². The zero-order valence-corrected chi connectivity index (χ0v) is 20.1. The van der Waals surface area contributed by atoms with Crippen LogP contribution in [0.5, 0.6) is 0 Å². The van der Waals surface area contributed by atoms with E-state index in [-0.39, 0.29) is 6.09 Å². The molecule has 2 fully saturated rings. The van der Waals surface area contributed by atoms with Gasteiger partial charge in [0.25, 0.3) is 0 Å². The van der Waals surface area contributed by atoms with Gasteiger partial charge in [0.15, 0.2) is 0 Å². The highest BCUT2D eigenvalue weighted by Crippen LogP contribution is 2.26. The maximum absolute atomic E-state index is 11.9. The van der Waals surface area contributed by atoms with Crippen LogP contribution in [0.25, 0.3) is 0 Å². The molecule has 0 radical (unpaired) electrons. The molecule has 4 heterocycles. The van der Waals surface area contributed by atoms with Gasteiger partial charge in [-0.25, -0.2) is 9.78 Å². The molecule has 2 aliphatic rings. The van der Waals surface area contributed by atoms with Crippen LogP contribution in [0.15, 0.2) is 12.4 Å². The van der Waals surface area contributed by atoms with Crippen LogP contribution in [0.3, 0.4) is 0 Å². The van der Waals surface area contributed by atoms with Gasteiger partial charge >= 0.3 is 6.09 Å². The van der Waals surface area contributed by atoms with Crippen LogP contribution < -0.4 is 10.6 Å². The van der Waals surface area contributed by atoms with Crippen molar-refractivity contribution >= 4 is 35.1 Å². The SMILES string of the molecule is Cc1nn(C2CCN(C)CC2)cc1Nc1ncc(Cl)c(NCCCN2CCCCOC2=O)n1. The highest BCUT2D eigenvalue weighted by molar-refractivity contribution is 6.32. The zero-order valence-electron chi connectivity index (χ0n) is 19.4. The lowest BCUT2D eigenvalue weighted by Gasteiger charge is -2.28. The molecule has 11 heteroatoms. The van der Waals surface area contributed by atoms with Gasteiger partial charge in [0.2, 0.25) is 5.95 Å². The lowest BCUT2D eigenvalue weighted by Crippen LogP contribution is -2.32. The number of piperidine rings is 1. The summed E-state index contributed by atoms with van der Waals surface area (Å²) in [5.74, 6) is 1.02. The molecule has 2 aromatic rings. The summed E-state index contributed by atoms with van der Waals surface area (Å²) in [6.07, 6.45) is 8.24. The van der Waals surface area contributed by atoms with E-state index in [0.29, 0.717) is 42.5 Å². The van der Waals surface area contributed by atoms with Crippen LogP contribution in [0.2, 0.25) is 5.02 Å². The van der Waals surface area contributed by atoms with Crippen molar-refractivity contribution in [1.82, 2.24) is 29.5 Å². The number of anilines is 3. The molecule has 0 aliphatic carbocycles. The molecule has 0 aromatic carbocycles. The summed E-state index contributed by atoms with van der Waals surface area (Å²) in [4.78, 5) is 24.9. The number of nitrogens with zero attached hydrogens (tertiary/aromatic N) is 6. The highest BCUT2D eigenvalue weighted by atomic mass is 35.5. The first-order valence-corrected chi connectivity index (χ1v) is 12.1. The van der Waals surface area contributed by atoms with Crippen LogP contribution in [-0.4, -0.2) is 82.0 Å². The molecule has 2 saturated heterocycles. The van der Waals surface area contributed by atoms with E-state index in [0.717, 1.165) is 63.1 Å². The number of rotatable bonds is 8. The first kappa shape index (κ1) is 23.6. The van der Waals surface area contributed by atoms with E-state index in [4.69, 9.17) is 21.4 Å². The fraction of sp³-hybridized carbons (Fsp3) is 0.636. The Hall–Kier alpha value is -2.59. The molecular weight excluding hydrogens is 444 g/mol. The van der Waals surface area contributed by atoms with E-state index in [1.165, 1.54) is 0 Å². The molecule has 0 saturated carbocycles. The molecule has 1 amide bonds. The molecule has 0 unspecified atom stereocenters. The quantitative estimate of drug-likeness (QED) is 0.556. The predicted octanol–water partition coefficient (Wildman–Crippen LogP) is 3.68. The molecule has 4 rings (SSSR count). The smallest absolute Gasteiger partial charge is 0.409 e. The standard InChI is InChI=1S/C22H33ClN8O2/c1-16-19(15-31(28-16)17-6-11-29(2)12-7-17)26-21-25-14-18(23)20(27-21)24-8-5-10-30-9-3-4-13-33-22(30)32/h14-15,17H,3-13H2,1-2H3,(H2,24,25,26,27). The van der Waals surface area contributed by atoms with Crippen molar-refractivity contribution in [3.8, 4) is 0 Å². The minimum Gasteiger partial charge on any atom is -0.449 e. The van der Waals surface area contributed by atoms with Gasteiger partial charge < -0.3 is 25.2 Å². The maximum Gasteiger partial charge on any atom is 0.409 e. The van der Waals surface area contributed by atoms with Crippen molar-refractivity contribution in [1.29, 1.82) is 0 Å². The Morgan fingerprint density at radius 1 is 1.24 bits per heavy atom. The van der Waals surface area contributed by atoms with Gasteiger partial charge in [0, 0.05) is 25.8 Å². The molecule has 0 spiro atoms. The monoisotopic (exact) mass is 476 g/mol. The van der Waals surface area contributed by atoms with E-state index in [1.54, 1.807) is 11.1 Å². The Bertz CT molecular complexity index is 944. The van der Waals surface area contributed by atoms with Gasteiger partial charge in [-0.3, -0.25) is 4.68 Å².